The first kappa shape index (κ1) is 22.8. The quantitative estimate of drug-likeness (QED) is 0.629. The maximum absolute atomic E-state index is 12.2. The molecule has 0 aliphatic heterocycles. The molecule has 2 rings (SSSR count). The van der Waals surface area contributed by atoms with Crippen LogP contribution in [0, 0.1) is 5.92 Å². The molecular formula is C20H28ClN3O5. The molecule has 1 aromatic rings. The van der Waals surface area contributed by atoms with Crippen LogP contribution in [0.3, 0.4) is 0 Å². The van der Waals surface area contributed by atoms with Crippen molar-refractivity contribution in [1.29, 1.82) is 0 Å². The number of benzene rings is 1. The third kappa shape index (κ3) is 8.60. The van der Waals surface area contributed by atoms with Gasteiger partial charge in [-0.2, -0.15) is 0 Å². The van der Waals surface area contributed by atoms with Gasteiger partial charge >= 0.3 is 6.09 Å². The molecule has 1 aliphatic carbocycles. The van der Waals surface area contributed by atoms with Crippen molar-refractivity contribution < 1.29 is 23.9 Å². The molecule has 0 spiro atoms. The van der Waals surface area contributed by atoms with Crippen LogP contribution in [0.2, 0.25) is 5.02 Å². The maximum atomic E-state index is 12.2. The zero-order valence-corrected chi connectivity index (χ0v) is 17.7. The van der Waals surface area contributed by atoms with Crippen molar-refractivity contribution >= 4 is 29.5 Å². The van der Waals surface area contributed by atoms with Crippen LogP contribution in [0.5, 0.6) is 5.75 Å². The summed E-state index contributed by atoms with van der Waals surface area (Å²) in [6.07, 6.45) is 2.13. The number of hydrogen-bond donors (Lipinski definition) is 3. The Morgan fingerprint density at radius 3 is 2.24 bits per heavy atom. The Kier molecular flexibility index (Phi) is 8.13. The molecule has 1 saturated carbocycles. The summed E-state index contributed by atoms with van der Waals surface area (Å²) in [6.45, 7) is 5.20. The highest BCUT2D eigenvalue weighted by molar-refractivity contribution is 6.30. The van der Waals surface area contributed by atoms with E-state index in [1.807, 2.05) is 20.8 Å². The fourth-order valence-corrected chi connectivity index (χ4v) is 3.05. The topological polar surface area (TPSA) is 106 Å². The Hall–Kier alpha value is -2.48. The molecule has 0 bridgehead atoms. The van der Waals surface area contributed by atoms with Crippen LogP contribution in [0.4, 0.5) is 4.79 Å². The van der Waals surface area contributed by atoms with Crippen molar-refractivity contribution in [2.45, 2.75) is 58.1 Å². The number of amides is 3. The van der Waals surface area contributed by atoms with E-state index in [0.717, 1.165) is 0 Å². The van der Waals surface area contributed by atoms with Gasteiger partial charge in [0, 0.05) is 17.0 Å². The predicted molar refractivity (Wildman–Crippen MR) is 108 cm³/mol. The third-order valence-electron chi connectivity index (χ3n) is 4.33. The minimum Gasteiger partial charge on any atom is -0.484 e. The van der Waals surface area contributed by atoms with Gasteiger partial charge in [-0.25, -0.2) is 4.79 Å². The first-order chi connectivity index (χ1) is 13.6. The summed E-state index contributed by atoms with van der Waals surface area (Å²) in [5, 5.41) is 3.41. The van der Waals surface area contributed by atoms with Crippen LogP contribution in [0.25, 0.3) is 0 Å². The van der Waals surface area contributed by atoms with Gasteiger partial charge in [0.25, 0.3) is 5.91 Å². The van der Waals surface area contributed by atoms with Gasteiger partial charge in [-0.05, 0) is 70.7 Å². The van der Waals surface area contributed by atoms with E-state index in [1.165, 1.54) is 0 Å². The number of ether oxygens (including phenoxy) is 2. The predicted octanol–water partition coefficient (Wildman–Crippen LogP) is 2.95. The molecule has 160 valence electrons. The normalized spacial score (nSPS) is 19.0. The Morgan fingerprint density at radius 1 is 1.03 bits per heavy atom. The van der Waals surface area contributed by atoms with Crippen LogP contribution in [-0.2, 0) is 14.3 Å². The van der Waals surface area contributed by atoms with Crippen molar-refractivity contribution in [3.63, 3.8) is 0 Å². The zero-order chi connectivity index (χ0) is 21.4. The maximum Gasteiger partial charge on any atom is 0.407 e. The van der Waals surface area contributed by atoms with E-state index in [9.17, 15) is 14.4 Å². The van der Waals surface area contributed by atoms with E-state index in [1.54, 1.807) is 24.3 Å². The monoisotopic (exact) mass is 425 g/mol. The molecule has 0 radical (unpaired) electrons. The van der Waals surface area contributed by atoms with Gasteiger partial charge in [-0.15, -0.1) is 0 Å². The number of carbonyl (C=O) groups excluding carboxylic acids is 3. The summed E-state index contributed by atoms with van der Waals surface area (Å²) >= 11 is 5.78. The third-order valence-corrected chi connectivity index (χ3v) is 4.58. The number of nitrogens with one attached hydrogen (secondary N) is 3. The number of rotatable bonds is 5. The van der Waals surface area contributed by atoms with Crippen LogP contribution in [-0.4, -0.2) is 36.2 Å². The Balaban J connectivity index is 1.64. The summed E-state index contributed by atoms with van der Waals surface area (Å²) in [7, 11) is 0. The summed E-state index contributed by atoms with van der Waals surface area (Å²) < 4.78 is 10.6. The lowest BCUT2D eigenvalue weighted by Crippen LogP contribution is -2.48. The van der Waals surface area contributed by atoms with Gasteiger partial charge in [0.15, 0.2) is 6.61 Å². The molecule has 0 atom stereocenters. The van der Waals surface area contributed by atoms with Gasteiger partial charge in [-0.3, -0.25) is 20.4 Å². The van der Waals surface area contributed by atoms with E-state index in [2.05, 4.69) is 16.2 Å². The van der Waals surface area contributed by atoms with Gasteiger partial charge < -0.3 is 14.8 Å². The SMILES string of the molecule is CC(C)(C)OC(=O)N[C@H]1CC[C@H](C(=O)NNC(=O)COc2ccc(Cl)cc2)CC1. The van der Waals surface area contributed by atoms with E-state index in [0.29, 0.717) is 36.5 Å². The fourth-order valence-electron chi connectivity index (χ4n) is 2.92. The van der Waals surface area contributed by atoms with Crippen molar-refractivity contribution in [3.05, 3.63) is 29.3 Å². The van der Waals surface area contributed by atoms with Crippen molar-refractivity contribution in [1.82, 2.24) is 16.2 Å². The van der Waals surface area contributed by atoms with E-state index < -0.39 is 17.6 Å². The van der Waals surface area contributed by atoms with Crippen LogP contribution in [0.1, 0.15) is 46.5 Å². The summed E-state index contributed by atoms with van der Waals surface area (Å²) in [5.74, 6) is -0.426. The highest BCUT2D eigenvalue weighted by atomic mass is 35.5. The lowest BCUT2D eigenvalue weighted by molar-refractivity contribution is -0.132. The Labute approximate surface area is 175 Å². The molecule has 0 aromatic heterocycles. The molecule has 0 saturated heterocycles. The van der Waals surface area contributed by atoms with Crippen LogP contribution >= 0.6 is 11.6 Å². The Morgan fingerprint density at radius 2 is 1.66 bits per heavy atom. The standard InChI is InChI=1S/C20H28ClN3O5/c1-20(2,3)29-19(27)22-15-8-4-13(5-9-15)18(26)24-23-17(25)12-28-16-10-6-14(21)7-11-16/h6-7,10-11,13,15H,4-5,8-9,12H2,1-3H3,(H,22,27)(H,23,25)(H,24,26)/t13-,15-. The van der Waals surface area contributed by atoms with E-state index >= 15 is 0 Å². The zero-order valence-electron chi connectivity index (χ0n) is 16.9. The second-order valence-electron chi connectivity index (χ2n) is 7.97. The molecule has 1 aromatic carbocycles. The van der Waals surface area contributed by atoms with Crippen molar-refractivity contribution in [2.75, 3.05) is 6.61 Å². The average Bonchev–Trinajstić information content (AvgIpc) is 2.64. The lowest BCUT2D eigenvalue weighted by atomic mass is 9.85. The molecular weight excluding hydrogens is 398 g/mol. The Bertz CT molecular complexity index is 710. The summed E-state index contributed by atoms with van der Waals surface area (Å²) in [5.41, 5.74) is 4.24. The molecule has 9 heteroatoms. The molecule has 0 heterocycles. The molecule has 1 aliphatic rings. The number of halogens is 1. The van der Waals surface area contributed by atoms with Crippen LogP contribution in [0.15, 0.2) is 24.3 Å². The average molecular weight is 426 g/mol. The first-order valence-electron chi connectivity index (χ1n) is 9.59. The molecule has 8 nitrogen and oxygen atoms in total. The van der Waals surface area contributed by atoms with Crippen LogP contribution < -0.4 is 20.9 Å². The van der Waals surface area contributed by atoms with Gasteiger partial charge in [0.1, 0.15) is 11.4 Å². The fraction of sp³-hybridized carbons (Fsp3) is 0.550. The summed E-state index contributed by atoms with van der Waals surface area (Å²) in [4.78, 5) is 35.9. The summed E-state index contributed by atoms with van der Waals surface area (Å²) in [6, 6.07) is 6.60. The smallest absolute Gasteiger partial charge is 0.407 e. The minimum atomic E-state index is -0.545. The van der Waals surface area contributed by atoms with E-state index in [-0.39, 0.29) is 24.5 Å². The van der Waals surface area contributed by atoms with Gasteiger partial charge in [0.05, 0.1) is 0 Å². The second kappa shape index (κ2) is 10.3. The van der Waals surface area contributed by atoms with Crippen molar-refractivity contribution in [2.24, 2.45) is 5.92 Å². The number of alkyl carbamates (subject to hydrolysis) is 1. The number of carbonyl (C=O) groups is 3. The highest BCUT2D eigenvalue weighted by Crippen LogP contribution is 2.24. The molecule has 3 N–H and O–H groups in total. The minimum absolute atomic E-state index is 0.0173. The van der Waals surface area contributed by atoms with Gasteiger partial charge in [-0.1, -0.05) is 11.6 Å². The molecule has 29 heavy (non-hydrogen) atoms. The van der Waals surface area contributed by atoms with E-state index in [4.69, 9.17) is 21.1 Å². The first-order valence-corrected chi connectivity index (χ1v) is 9.97. The van der Waals surface area contributed by atoms with Gasteiger partial charge in [0.2, 0.25) is 5.91 Å². The number of hydrogen-bond acceptors (Lipinski definition) is 5. The highest BCUT2D eigenvalue weighted by Gasteiger charge is 2.28. The second-order valence-corrected chi connectivity index (χ2v) is 8.41. The molecule has 0 unspecified atom stereocenters. The molecule has 1 fully saturated rings. The number of hydrazine groups is 1. The largest absolute Gasteiger partial charge is 0.484 e. The molecule has 3 amide bonds. The lowest BCUT2D eigenvalue weighted by Gasteiger charge is -2.29. The van der Waals surface area contributed by atoms with Crippen molar-refractivity contribution in [3.8, 4) is 5.75 Å².